The van der Waals surface area contributed by atoms with E-state index in [4.69, 9.17) is 5.11 Å². The Morgan fingerprint density at radius 3 is 1.91 bits per heavy atom. The lowest BCUT2D eigenvalue weighted by Gasteiger charge is -2.38. The summed E-state index contributed by atoms with van der Waals surface area (Å²) in [5.74, 6) is 2.73. The van der Waals surface area contributed by atoms with Crippen molar-refractivity contribution in [1.29, 1.82) is 0 Å². The maximum absolute atomic E-state index is 11.0. The van der Waals surface area contributed by atoms with E-state index in [2.05, 4.69) is 6.92 Å². The fraction of sp³-hybridized carbons (Fsp3) is 0.667. The second kappa shape index (κ2) is 7.51. The minimum atomic E-state index is -0.831. The van der Waals surface area contributed by atoms with E-state index in [1.54, 1.807) is 12.1 Å². The van der Waals surface area contributed by atoms with Crippen molar-refractivity contribution in [1.82, 2.24) is 0 Å². The van der Waals surface area contributed by atoms with Crippen molar-refractivity contribution >= 4 is 5.97 Å². The number of hydrogen-bond acceptors (Lipinski definition) is 1. The molecule has 23 heavy (non-hydrogen) atoms. The van der Waals surface area contributed by atoms with Crippen molar-refractivity contribution in [2.75, 3.05) is 0 Å². The Labute approximate surface area is 140 Å². The van der Waals surface area contributed by atoms with Crippen LogP contribution in [-0.4, -0.2) is 11.1 Å². The third-order valence-corrected chi connectivity index (χ3v) is 6.54. The van der Waals surface area contributed by atoms with Crippen molar-refractivity contribution in [2.24, 2.45) is 17.8 Å². The number of carbonyl (C=O) groups is 1. The summed E-state index contributed by atoms with van der Waals surface area (Å²) >= 11 is 0. The molecular formula is C21H30O2. The Morgan fingerprint density at radius 1 is 0.913 bits per heavy atom. The average molecular weight is 314 g/mol. The van der Waals surface area contributed by atoms with Crippen LogP contribution in [-0.2, 0) is 0 Å². The van der Waals surface area contributed by atoms with Crippen LogP contribution in [0.5, 0.6) is 0 Å². The molecule has 2 nitrogen and oxygen atoms in total. The van der Waals surface area contributed by atoms with Crippen molar-refractivity contribution in [3.63, 3.8) is 0 Å². The summed E-state index contributed by atoms with van der Waals surface area (Å²) in [6.07, 6.45) is 12.5. The van der Waals surface area contributed by atoms with Crippen molar-refractivity contribution in [3.05, 3.63) is 35.4 Å². The lowest BCUT2D eigenvalue weighted by Crippen LogP contribution is -2.25. The number of aromatic carboxylic acids is 1. The van der Waals surface area contributed by atoms with Gasteiger partial charge in [0.25, 0.3) is 0 Å². The van der Waals surface area contributed by atoms with Gasteiger partial charge in [0.05, 0.1) is 5.56 Å². The van der Waals surface area contributed by atoms with Crippen molar-refractivity contribution in [3.8, 4) is 0 Å². The van der Waals surface area contributed by atoms with E-state index in [1.165, 1.54) is 63.4 Å². The van der Waals surface area contributed by atoms with E-state index in [-0.39, 0.29) is 0 Å². The zero-order valence-electron chi connectivity index (χ0n) is 14.3. The van der Waals surface area contributed by atoms with Crippen LogP contribution in [0, 0.1) is 17.8 Å². The van der Waals surface area contributed by atoms with Gasteiger partial charge in [-0.2, -0.15) is 0 Å². The first-order valence-corrected chi connectivity index (χ1v) is 9.50. The maximum atomic E-state index is 11.0. The molecule has 1 aromatic rings. The van der Waals surface area contributed by atoms with Crippen molar-refractivity contribution in [2.45, 2.75) is 70.6 Å². The summed E-state index contributed by atoms with van der Waals surface area (Å²) in [4.78, 5) is 11.0. The SMILES string of the molecule is CC[C@H]1CC[C@H](C2CCC(c3ccc(C(=O)O)cc3)CC2)CC1. The van der Waals surface area contributed by atoms with Crippen molar-refractivity contribution < 1.29 is 9.90 Å². The molecule has 0 heterocycles. The van der Waals surface area contributed by atoms with Gasteiger partial charge in [-0.25, -0.2) is 4.79 Å². The Balaban J connectivity index is 1.51. The first-order chi connectivity index (χ1) is 11.2. The van der Waals surface area contributed by atoms with E-state index in [0.29, 0.717) is 11.5 Å². The molecule has 0 amide bonds. The minimum Gasteiger partial charge on any atom is -0.478 e. The zero-order chi connectivity index (χ0) is 16.2. The fourth-order valence-corrected chi connectivity index (χ4v) is 4.89. The molecule has 126 valence electrons. The van der Waals surface area contributed by atoms with Gasteiger partial charge in [-0.15, -0.1) is 0 Å². The fourth-order valence-electron chi connectivity index (χ4n) is 4.89. The maximum Gasteiger partial charge on any atom is 0.335 e. The molecule has 1 aromatic carbocycles. The van der Waals surface area contributed by atoms with Gasteiger partial charge in [0, 0.05) is 0 Å². The lowest BCUT2D eigenvalue weighted by atomic mass is 9.68. The Kier molecular flexibility index (Phi) is 5.40. The first-order valence-electron chi connectivity index (χ1n) is 9.50. The highest BCUT2D eigenvalue weighted by Gasteiger charge is 2.30. The molecule has 1 N–H and O–H groups in total. The van der Waals surface area contributed by atoms with Crippen LogP contribution in [0.3, 0.4) is 0 Å². The van der Waals surface area contributed by atoms with Crippen LogP contribution < -0.4 is 0 Å². The number of hydrogen-bond donors (Lipinski definition) is 1. The van der Waals surface area contributed by atoms with E-state index in [9.17, 15) is 4.79 Å². The van der Waals surface area contributed by atoms with Crippen LogP contribution in [0.1, 0.15) is 86.6 Å². The molecule has 3 rings (SSSR count). The summed E-state index contributed by atoms with van der Waals surface area (Å²) in [5, 5.41) is 9.00. The molecule has 0 aromatic heterocycles. The lowest BCUT2D eigenvalue weighted by molar-refractivity contribution is 0.0697. The molecule has 2 aliphatic carbocycles. The van der Waals surface area contributed by atoms with Crippen LogP contribution in [0.2, 0.25) is 0 Å². The van der Waals surface area contributed by atoms with Gasteiger partial charge in [-0.3, -0.25) is 0 Å². The number of rotatable bonds is 4. The Hall–Kier alpha value is -1.31. The molecule has 0 bridgehead atoms. The van der Waals surface area contributed by atoms with Gasteiger partial charge >= 0.3 is 5.97 Å². The molecule has 2 aliphatic rings. The van der Waals surface area contributed by atoms with Gasteiger partial charge in [0.2, 0.25) is 0 Å². The van der Waals surface area contributed by atoms with Gasteiger partial charge in [-0.1, -0.05) is 38.3 Å². The van der Waals surface area contributed by atoms with Crippen LogP contribution in [0.15, 0.2) is 24.3 Å². The summed E-state index contributed by atoms with van der Waals surface area (Å²) < 4.78 is 0. The highest BCUT2D eigenvalue weighted by Crippen LogP contribution is 2.44. The summed E-state index contributed by atoms with van der Waals surface area (Å²) in [6, 6.07) is 7.58. The molecule has 0 unspecified atom stereocenters. The van der Waals surface area contributed by atoms with E-state index < -0.39 is 5.97 Å². The van der Waals surface area contributed by atoms with E-state index >= 15 is 0 Å². The number of benzene rings is 1. The number of carboxylic acid groups (broad SMARTS) is 1. The third-order valence-electron chi connectivity index (χ3n) is 6.54. The Morgan fingerprint density at radius 2 is 1.43 bits per heavy atom. The smallest absolute Gasteiger partial charge is 0.335 e. The molecule has 0 saturated heterocycles. The topological polar surface area (TPSA) is 37.3 Å². The van der Waals surface area contributed by atoms with Crippen LogP contribution in [0.4, 0.5) is 0 Å². The van der Waals surface area contributed by atoms with Gasteiger partial charge in [0.1, 0.15) is 0 Å². The minimum absolute atomic E-state index is 0.398. The molecule has 2 fully saturated rings. The monoisotopic (exact) mass is 314 g/mol. The quantitative estimate of drug-likeness (QED) is 0.754. The summed E-state index contributed by atoms with van der Waals surface area (Å²) in [7, 11) is 0. The van der Waals surface area contributed by atoms with Crippen LogP contribution >= 0.6 is 0 Å². The molecule has 0 radical (unpaired) electrons. The van der Waals surface area contributed by atoms with E-state index in [1.807, 2.05) is 12.1 Å². The summed E-state index contributed by atoms with van der Waals surface area (Å²) in [5.41, 5.74) is 1.73. The molecule has 0 atom stereocenters. The predicted molar refractivity (Wildman–Crippen MR) is 93.8 cm³/mol. The molecule has 0 spiro atoms. The predicted octanol–water partition coefficient (Wildman–Crippen LogP) is 5.88. The van der Waals surface area contributed by atoms with Gasteiger partial charge < -0.3 is 5.11 Å². The first kappa shape index (κ1) is 16.5. The van der Waals surface area contributed by atoms with Gasteiger partial charge in [-0.05, 0) is 79.9 Å². The Bertz CT molecular complexity index is 503. The standard InChI is InChI=1S/C21H30O2/c1-2-15-3-5-16(6-4-15)17-7-9-18(10-8-17)19-11-13-20(14-12-19)21(22)23/h11-18H,2-10H2,1H3,(H,22,23)/t15-,16-,17?,18?. The summed E-state index contributed by atoms with van der Waals surface area (Å²) in [6.45, 7) is 2.34. The van der Waals surface area contributed by atoms with E-state index in [0.717, 1.165) is 17.8 Å². The third kappa shape index (κ3) is 3.97. The van der Waals surface area contributed by atoms with Gasteiger partial charge in [0.15, 0.2) is 0 Å². The number of carboxylic acids is 1. The average Bonchev–Trinajstić information content (AvgIpc) is 2.62. The second-order valence-electron chi connectivity index (χ2n) is 7.73. The largest absolute Gasteiger partial charge is 0.478 e. The second-order valence-corrected chi connectivity index (χ2v) is 7.73. The molecule has 0 aliphatic heterocycles. The molecule has 2 saturated carbocycles. The normalized spacial score (nSPS) is 31.7. The molecule has 2 heteroatoms. The highest BCUT2D eigenvalue weighted by atomic mass is 16.4. The molecular weight excluding hydrogens is 284 g/mol. The zero-order valence-corrected chi connectivity index (χ0v) is 14.3. The van der Waals surface area contributed by atoms with Crippen LogP contribution in [0.25, 0.3) is 0 Å². The highest BCUT2D eigenvalue weighted by molar-refractivity contribution is 5.87.